The van der Waals surface area contributed by atoms with Crippen LogP contribution in [-0.4, -0.2) is 56.8 Å². The number of nitrogens with zero attached hydrogens (tertiary/aromatic N) is 6. The highest BCUT2D eigenvalue weighted by molar-refractivity contribution is 6.39. The van der Waals surface area contributed by atoms with Crippen molar-refractivity contribution < 1.29 is 9.47 Å². The van der Waals surface area contributed by atoms with Crippen molar-refractivity contribution in [3.63, 3.8) is 0 Å². The predicted molar refractivity (Wildman–Crippen MR) is 145 cm³/mol. The van der Waals surface area contributed by atoms with Crippen molar-refractivity contribution in [2.24, 2.45) is 0 Å². The van der Waals surface area contributed by atoms with E-state index in [0.717, 1.165) is 36.2 Å². The summed E-state index contributed by atoms with van der Waals surface area (Å²) in [6.45, 7) is 3.57. The number of nitrogens with one attached hydrogen (secondary N) is 1. The van der Waals surface area contributed by atoms with Crippen molar-refractivity contribution in [2.45, 2.75) is 25.8 Å². The lowest BCUT2D eigenvalue weighted by molar-refractivity contribution is 0.343. The Hall–Kier alpha value is -3.67. The molecular weight excluding hydrogens is 531 g/mol. The largest absolute Gasteiger partial charge is 0.495 e. The predicted octanol–water partition coefficient (Wildman–Crippen LogP) is 3.69. The molecule has 4 aromatic rings. The van der Waals surface area contributed by atoms with Gasteiger partial charge < -0.3 is 20.5 Å². The molecular formula is C25H26Cl2N8O3. The van der Waals surface area contributed by atoms with Gasteiger partial charge in [-0.1, -0.05) is 23.2 Å². The van der Waals surface area contributed by atoms with Gasteiger partial charge >= 0.3 is 0 Å². The second-order valence-corrected chi connectivity index (χ2v) is 9.62. The highest BCUT2D eigenvalue weighted by atomic mass is 35.5. The first-order valence-corrected chi connectivity index (χ1v) is 12.7. The first-order valence-electron chi connectivity index (χ1n) is 11.9. The average Bonchev–Trinajstić information content (AvgIpc) is 3.42. The van der Waals surface area contributed by atoms with Crippen LogP contribution in [0.2, 0.25) is 10.0 Å². The van der Waals surface area contributed by atoms with Crippen molar-refractivity contribution in [3.8, 4) is 39.8 Å². The van der Waals surface area contributed by atoms with Crippen LogP contribution in [0.3, 0.4) is 0 Å². The smallest absolute Gasteiger partial charge is 0.274 e. The molecule has 0 spiro atoms. The molecule has 0 atom stereocenters. The van der Waals surface area contributed by atoms with Gasteiger partial charge in [-0.15, -0.1) is 0 Å². The minimum atomic E-state index is -0.432. The van der Waals surface area contributed by atoms with Crippen LogP contribution in [0.1, 0.15) is 24.4 Å². The van der Waals surface area contributed by atoms with Gasteiger partial charge in [0.25, 0.3) is 5.56 Å². The van der Waals surface area contributed by atoms with E-state index in [1.165, 1.54) is 20.3 Å². The third-order valence-electron chi connectivity index (χ3n) is 6.48. The Morgan fingerprint density at radius 1 is 1.05 bits per heavy atom. The Labute approximate surface area is 228 Å². The standard InChI is InChI=1S/C25H26Cl2N8O3/c1-13-8-16(33-35(25(13)36)23-20(26)18(37-2)9-19(38-3)21(23)27)22-24(28)30-11-17(32-22)14-10-31-34(12-14)15-4-6-29-7-5-15/h8-12,15,29H,4-7H2,1-3H3,(H2,28,30). The summed E-state index contributed by atoms with van der Waals surface area (Å²) in [7, 11) is 2.90. The van der Waals surface area contributed by atoms with E-state index in [2.05, 4.69) is 20.5 Å². The van der Waals surface area contributed by atoms with Gasteiger partial charge in [-0.3, -0.25) is 9.48 Å². The van der Waals surface area contributed by atoms with Crippen molar-refractivity contribution in [1.29, 1.82) is 0 Å². The van der Waals surface area contributed by atoms with Gasteiger partial charge in [0.05, 0.1) is 38.3 Å². The maximum atomic E-state index is 13.2. The molecule has 1 aliphatic rings. The highest BCUT2D eigenvalue weighted by Crippen LogP contribution is 2.42. The first kappa shape index (κ1) is 26.0. The maximum Gasteiger partial charge on any atom is 0.274 e. The summed E-state index contributed by atoms with van der Waals surface area (Å²) in [4.78, 5) is 22.3. The zero-order chi connectivity index (χ0) is 27.0. The number of nitrogen functional groups attached to an aromatic ring is 1. The molecule has 5 rings (SSSR count). The number of hydrogen-bond donors (Lipinski definition) is 2. The van der Waals surface area contributed by atoms with E-state index in [0.29, 0.717) is 28.7 Å². The van der Waals surface area contributed by atoms with Crippen LogP contribution in [0.4, 0.5) is 5.82 Å². The van der Waals surface area contributed by atoms with Crippen LogP contribution in [0.25, 0.3) is 28.3 Å². The van der Waals surface area contributed by atoms with Gasteiger partial charge in [0.2, 0.25) is 0 Å². The summed E-state index contributed by atoms with van der Waals surface area (Å²) >= 11 is 13.1. The van der Waals surface area contributed by atoms with Crippen molar-refractivity contribution in [2.75, 3.05) is 33.0 Å². The maximum absolute atomic E-state index is 13.2. The fourth-order valence-corrected chi connectivity index (χ4v) is 5.07. The van der Waals surface area contributed by atoms with Gasteiger partial charge in [-0.05, 0) is 38.9 Å². The molecule has 3 aromatic heterocycles. The topological polar surface area (TPSA) is 135 Å². The zero-order valence-corrected chi connectivity index (χ0v) is 22.5. The van der Waals surface area contributed by atoms with E-state index in [1.54, 1.807) is 25.4 Å². The third-order valence-corrected chi connectivity index (χ3v) is 7.21. The molecule has 3 N–H and O–H groups in total. The second kappa shape index (κ2) is 10.6. The average molecular weight is 557 g/mol. The summed E-state index contributed by atoms with van der Waals surface area (Å²) in [6, 6.07) is 3.46. The zero-order valence-electron chi connectivity index (χ0n) is 21.0. The fraction of sp³-hybridized carbons (Fsp3) is 0.320. The van der Waals surface area contributed by atoms with E-state index in [9.17, 15) is 4.79 Å². The summed E-state index contributed by atoms with van der Waals surface area (Å²) in [5, 5.41) is 12.6. The molecule has 1 aliphatic heterocycles. The van der Waals surface area contributed by atoms with Crippen LogP contribution in [0.15, 0.2) is 35.5 Å². The Bertz CT molecular complexity index is 1530. The lowest BCUT2D eigenvalue weighted by Gasteiger charge is -2.22. The number of methoxy groups -OCH3 is 2. The van der Waals surface area contributed by atoms with Crippen LogP contribution in [0.5, 0.6) is 11.5 Å². The normalized spacial score (nSPS) is 14.0. The van der Waals surface area contributed by atoms with E-state index in [-0.39, 0.29) is 33.0 Å². The molecule has 0 bridgehead atoms. The molecule has 13 heteroatoms. The number of ether oxygens (including phenoxy) is 2. The molecule has 11 nitrogen and oxygen atoms in total. The van der Waals surface area contributed by atoms with E-state index in [1.807, 2.05) is 10.9 Å². The number of piperidine rings is 1. The van der Waals surface area contributed by atoms with Gasteiger partial charge in [0.1, 0.15) is 38.6 Å². The number of aromatic nitrogens is 6. The molecule has 0 radical (unpaired) electrons. The Morgan fingerprint density at radius 3 is 2.39 bits per heavy atom. The fourth-order valence-electron chi connectivity index (χ4n) is 4.41. The number of hydrogen-bond acceptors (Lipinski definition) is 9. The molecule has 1 fully saturated rings. The molecule has 38 heavy (non-hydrogen) atoms. The quantitative estimate of drug-likeness (QED) is 0.364. The highest BCUT2D eigenvalue weighted by Gasteiger charge is 2.23. The summed E-state index contributed by atoms with van der Waals surface area (Å²) in [6.07, 6.45) is 7.32. The molecule has 0 unspecified atom stereocenters. The lowest BCUT2D eigenvalue weighted by atomic mass is 10.1. The molecule has 0 aliphatic carbocycles. The van der Waals surface area contributed by atoms with Crippen LogP contribution < -0.4 is 26.1 Å². The molecule has 198 valence electrons. The number of halogens is 2. The minimum absolute atomic E-state index is 0.0996. The van der Waals surface area contributed by atoms with Gasteiger partial charge in [0.15, 0.2) is 5.82 Å². The van der Waals surface area contributed by atoms with Gasteiger partial charge in [-0.25, -0.2) is 9.97 Å². The number of anilines is 1. The first-order chi connectivity index (χ1) is 18.3. The van der Waals surface area contributed by atoms with Crippen molar-refractivity contribution in [1.82, 2.24) is 34.8 Å². The van der Waals surface area contributed by atoms with Crippen LogP contribution >= 0.6 is 23.2 Å². The lowest BCUT2D eigenvalue weighted by Crippen LogP contribution is -2.29. The number of aryl methyl sites for hydroxylation is 1. The number of rotatable bonds is 6. The van der Waals surface area contributed by atoms with E-state index in [4.69, 9.17) is 43.4 Å². The van der Waals surface area contributed by atoms with E-state index < -0.39 is 5.56 Å². The second-order valence-electron chi connectivity index (χ2n) is 8.87. The van der Waals surface area contributed by atoms with E-state index >= 15 is 0 Å². The van der Waals surface area contributed by atoms with Gasteiger partial charge in [-0.2, -0.15) is 14.9 Å². The molecule has 1 aromatic carbocycles. The molecule has 0 saturated carbocycles. The Morgan fingerprint density at radius 2 is 1.74 bits per heavy atom. The Kier molecular flexibility index (Phi) is 7.24. The minimum Gasteiger partial charge on any atom is -0.495 e. The molecule has 0 amide bonds. The SMILES string of the molecule is COc1cc(OC)c(Cl)c(-n2nc(-c3nc(-c4cnn(C5CCNCC5)c4)cnc3N)cc(C)c2=O)c1Cl. The van der Waals surface area contributed by atoms with Crippen molar-refractivity contribution >= 4 is 29.0 Å². The Balaban J connectivity index is 1.61. The van der Waals surface area contributed by atoms with Crippen LogP contribution in [0, 0.1) is 6.92 Å². The molecule has 1 saturated heterocycles. The number of nitrogens with two attached hydrogens (primary N) is 1. The van der Waals surface area contributed by atoms with Crippen LogP contribution in [-0.2, 0) is 0 Å². The van der Waals surface area contributed by atoms with Crippen molar-refractivity contribution in [3.05, 3.63) is 56.7 Å². The number of benzene rings is 1. The third kappa shape index (κ3) is 4.68. The van der Waals surface area contributed by atoms with Gasteiger partial charge in [0, 0.05) is 23.4 Å². The molecule has 4 heterocycles. The summed E-state index contributed by atoms with van der Waals surface area (Å²) in [5.74, 6) is 0.690. The monoisotopic (exact) mass is 556 g/mol. The summed E-state index contributed by atoms with van der Waals surface area (Å²) in [5.41, 5.74) is 8.27. The summed E-state index contributed by atoms with van der Waals surface area (Å²) < 4.78 is 13.8.